The number of carbonyl (C=O) groups excluding carboxylic acids is 1. The molecule has 0 fully saturated rings. The van der Waals surface area contributed by atoms with Crippen molar-refractivity contribution in [2.24, 2.45) is 0 Å². The molecule has 2 N–H and O–H groups in total. The number of carbonyl (C=O) groups is 1. The van der Waals surface area contributed by atoms with E-state index >= 15 is 0 Å². The topological polar surface area (TPSA) is 52.6 Å². The molecule has 4 nitrogen and oxygen atoms in total. The van der Waals surface area contributed by atoms with E-state index in [0.717, 1.165) is 17.7 Å². The van der Waals surface area contributed by atoms with Crippen LogP contribution in [-0.2, 0) is 6.42 Å². The first-order valence-electron chi connectivity index (χ1n) is 7.87. The SMILES string of the molecule is C[C@@H](CCO)N(C)C(=O)Nc1cccc(Cc2ccccc2)c1. The first kappa shape index (κ1) is 17.0. The predicted octanol–water partition coefficient (Wildman–Crippen LogP) is 3.51. The van der Waals surface area contributed by atoms with Crippen LogP contribution in [0.5, 0.6) is 0 Å². The summed E-state index contributed by atoms with van der Waals surface area (Å²) < 4.78 is 0. The van der Waals surface area contributed by atoms with Crippen LogP contribution in [0.3, 0.4) is 0 Å². The van der Waals surface area contributed by atoms with Crippen LogP contribution in [0.15, 0.2) is 54.6 Å². The van der Waals surface area contributed by atoms with Gasteiger partial charge in [0.05, 0.1) is 0 Å². The van der Waals surface area contributed by atoms with Crippen LogP contribution in [0, 0.1) is 0 Å². The van der Waals surface area contributed by atoms with Gasteiger partial charge in [0, 0.05) is 25.4 Å². The summed E-state index contributed by atoms with van der Waals surface area (Å²) in [6, 6.07) is 18.0. The van der Waals surface area contributed by atoms with Crippen LogP contribution in [0.2, 0.25) is 0 Å². The predicted molar refractivity (Wildman–Crippen MR) is 93.6 cm³/mol. The summed E-state index contributed by atoms with van der Waals surface area (Å²) in [6.07, 6.45) is 1.40. The highest BCUT2D eigenvalue weighted by molar-refractivity contribution is 5.89. The summed E-state index contributed by atoms with van der Waals surface area (Å²) in [5.74, 6) is 0. The van der Waals surface area contributed by atoms with Crippen molar-refractivity contribution < 1.29 is 9.90 Å². The Hall–Kier alpha value is -2.33. The number of aliphatic hydroxyl groups excluding tert-OH is 1. The fraction of sp³-hybridized carbons (Fsp3) is 0.316. The van der Waals surface area contributed by atoms with Crippen LogP contribution >= 0.6 is 0 Å². The Morgan fingerprint density at radius 1 is 1.13 bits per heavy atom. The Balaban J connectivity index is 2.01. The molecule has 2 amide bonds. The molecule has 2 rings (SSSR count). The minimum absolute atomic E-state index is 0.00694. The minimum Gasteiger partial charge on any atom is -0.396 e. The fourth-order valence-corrected chi connectivity index (χ4v) is 2.38. The number of nitrogens with zero attached hydrogens (tertiary/aromatic N) is 1. The van der Waals surface area contributed by atoms with Crippen LogP contribution in [0.25, 0.3) is 0 Å². The molecule has 0 aromatic heterocycles. The molecule has 0 aliphatic heterocycles. The van der Waals surface area contributed by atoms with Gasteiger partial charge in [-0.3, -0.25) is 0 Å². The Labute approximate surface area is 137 Å². The van der Waals surface area contributed by atoms with E-state index < -0.39 is 0 Å². The first-order chi connectivity index (χ1) is 11.1. The number of amides is 2. The molecule has 0 aliphatic carbocycles. The average Bonchev–Trinajstić information content (AvgIpc) is 2.55. The molecule has 0 spiro atoms. The molecule has 122 valence electrons. The maximum atomic E-state index is 12.2. The van der Waals surface area contributed by atoms with Crippen LogP contribution in [0.4, 0.5) is 10.5 Å². The van der Waals surface area contributed by atoms with E-state index in [1.807, 2.05) is 43.3 Å². The summed E-state index contributed by atoms with van der Waals surface area (Å²) >= 11 is 0. The zero-order valence-corrected chi connectivity index (χ0v) is 13.7. The van der Waals surface area contributed by atoms with E-state index in [4.69, 9.17) is 5.11 Å². The standard InChI is InChI=1S/C19H24N2O2/c1-15(11-12-22)21(2)19(23)20-18-10-6-9-17(14-18)13-16-7-4-3-5-8-16/h3-10,14-15,22H,11-13H2,1-2H3,(H,20,23)/t15-/m0/s1. The van der Waals surface area contributed by atoms with E-state index in [1.54, 1.807) is 11.9 Å². The molecule has 0 aliphatic rings. The van der Waals surface area contributed by atoms with Gasteiger partial charge in [-0.15, -0.1) is 0 Å². The average molecular weight is 312 g/mol. The summed E-state index contributed by atoms with van der Waals surface area (Å²) in [5.41, 5.74) is 3.18. The zero-order chi connectivity index (χ0) is 16.7. The van der Waals surface area contributed by atoms with Crippen molar-refractivity contribution in [1.82, 2.24) is 4.90 Å². The molecule has 2 aromatic rings. The number of benzene rings is 2. The summed E-state index contributed by atoms with van der Waals surface area (Å²) in [5, 5.41) is 11.9. The van der Waals surface area contributed by atoms with E-state index in [9.17, 15) is 4.79 Å². The van der Waals surface area contributed by atoms with E-state index in [2.05, 4.69) is 23.5 Å². The molecule has 0 saturated carbocycles. The second-order valence-electron chi connectivity index (χ2n) is 5.77. The van der Waals surface area contributed by atoms with Gasteiger partial charge in [0.25, 0.3) is 0 Å². The Bertz CT molecular complexity index is 628. The van der Waals surface area contributed by atoms with Crippen LogP contribution in [0.1, 0.15) is 24.5 Å². The number of anilines is 1. The summed E-state index contributed by atoms with van der Waals surface area (Å²) in [7, 11) is 1.74. The number of rotatable bonds is 6. The third-order valence-corrected chi connectivity index (χ3v) is 3.96. The van der Waals surface area contributed by atoms with Gasteiger partial charge in [-0.1, -0.05) is 42.5 Å². The van der Waals surface area contributed by atoms with Gasteiger partial charge in [-0.25, -0.2) is 4.79 Å². The number of hydrogen-bond acceptors (Lipinski definition) is 2. The molecule has 0 radical (unpaired) electrons. The lowest BCUT2D eigenvalue weighted by molar-refractivity contribution is 0.189. The van der Waals surface area contributed by atoms with Crippen molar-refractivity contribution in [3.05, 3.63) is 65.7 Å². The summed E-state index contributed by atoms with van der Waals surface area (Å²) in [6.45, 7) is 1.99. The maximum absolute atomic E-state index is 12.2. The van der Waals surface area contributed by atoms with Gasteiger partial charge >= 0.3 is 6.03 Å². The van der Waals surface area contributed by atoms with Gasteiger partial charge in [-0.2, -0.15) is 0 Å². The van der Waals surface area contributed by atoms with Gasteiger partial charge in [-0.05, 0) is 43.0 Å². The van der Waals surface area contributed by atoms with Crippen LogP contribution in [-0.4, -0.2) is 35.7 Å². The van der Waals surface area contributed by atoms with Gasteiger partial charge in [0.2, 0.25) is 0 Å². The normalized spacial score (nSPS) is 11.8. The highest BCUT2D eigenvalue weighted by Crippen LogP contribution is 2.15. The molecule has 0 saturated heterocycles. The lowest BCUT2D eigenvalue weighted by Crippen LogP contribution is -2.38. The van der Waals surface area contributed by atoms with Crippen molar-refractivity contribution in [1.29, 1.82) is 0 Å². The minimum atomic E-state index is -0.164. The second-order valence-corrected chi connectivity index (χ2v) is 5.77. The molecule has 23 heavy (non-hydrogen) atoms. The van der Waals surface area contributed by atoms with Gasteiger partial charge in [0.15, 0.2) is 0 Å². The van der Waals surface area contributed by atoms with Crippen molar-refractivity contribution in [2.75, 3.05) is 19.0 Å². The Kier molecular flexibility index (Phi) is 6.18. The van der Waals surface area contributed by atoms with Crippen LogP contribution < -0.4 is 5.32 Å². The van der Waals surface area contributed by atoms with Gasteiger partial charge < -0.3 is 15.3 Å². The van der Waals surface area contributed by atoms with Gasteiger partial charge in [0.1, 0.15) is 0 Å². The number of aliphatic hydroxyl groups is 1. The lowest BCUT2D eigenvalue weighted by Gasteiger charge is -2.24. The second kappa shape index (κ2) is 8.34. The largest absolute Gasteiger partial charge is 0.396 e. The van der Waals surface area contributed by atoms with E-state index in [1.165, 1.54) is 5.56 Å². The van der Waals surface area contributed by atoms with Crippen molar-refractivity contribution >= 4 is 11.7 Å². The van der Waals surface area contributed by atoms with Crippen molar-refractivity contribution in [3.63, 3.8) is 0 Å². The third kappa shape index (κ3) is 5.11. The molecule has 0 unspecified atom stereocenters. The number of hydrogen-bond donors (Lipinski definition) is 2. The molecule has 0 heterocycles. The van der Waals surface area contributed by atoms with E-state index in [0.29, 0.717) is 6.42 Å². The molecule has 2 aromatic carbocycles. The first-order valence-corrected chi connectivity index (χ1v) is 7.87. The fourth-order valence-electron chi connectivity index (χ4n) is 2.38. The Morgan fingerprint density at radius 3 is 2.52 bits per heavy atom. The maximum Gasteiger partial charge on any atom is 0.321 e. The van der Waals surface area contributed by atoms with E-state index in [-0.39, 0.29) is 18.7 Å². The lowest BCUT2D eigenvalue weighted by atomic mass is 10.0. The highest BCUT2D eigenvalue weighted by Gasteiger charge is 2.15. The highest BCUT2D eigenvalue weighted by atomic mass is 16.3. The zero-order valence-electron chi connectivity index (χ0n) is 13.7. The molecule has 1 atom stereocenters. The molecule has 0 bridgehead atoms. The Morgan fingerprint density at radius 2 is 1.83 bits per heavy atom. The summed E-state index contributed by atoms with van der Waals surface area (Å²) in [4.78, 5) is 13.8. The molecule has 4 heteroatoms. The number of nitrogens with one attached hydrogen (secondary N) is 1. The monoisotopic (exact) mass is 312 g/mol. The molecular formula is C19H24N2O2. The smallest absolute Gasteiger partial charge is 0.321 e. The quantitative estimate of drug-likeness (QED) is 0.857. The number of urea groups is 1. The van der Waals surface area contributed by atoms with Crippen molar-refractivity contribution in [2.45, 2.75) is 25.8 Å². The van der Waals surface area contributed by atoms with Crippen molar-refractivity contribution in [3.8, 4) is 0 Å². The molecular weight excluding hydrogens is 288 g/mol. The third-order valence-electron chi connectivity index (χ3n) is 3.96.